The van der Waals surface area contributed by atoms with Crippen molar-refractivity contribution in [3.05, 3.63) is 58.0 Å². The van der Waals surface area contributed by atoms with Crippen molar-refractivity contribution in [1.82, 2.24) is 4.57 Å². The van der Waals surface area contributed by atoms with Crippen LogP contribution in [0.4, 0.5) is 5.69 Å². The summed E-state index contributed by atoms with van der Waals surface area (Å²) in [5.74, 6) is 0.778. The van der Waals surface area contributed by atoms with Crippen LogP contribution in [-0.2, 0) is 19.4 Å². The fraction of sp³-hybridized carbons (Fsp3) is 0.312. The number of pyridine rings is 1. The average molecular weight is 270 g/mol. The summed E-state index contributed by atoms with van der Waals surface area (Å²) in [6.07, 6.45) is 3.21. The number of aromatic nitrogens is 1. The number of hydrogen-bond donors (Lipinski definition) is 1. The van der Waals surface area contributed by atoms with E-state index in [1.807, 2.05) is 34.9 Å². The predicted octanol–water partition coefficient (Wildman–Crippen LogP) is 2.00. The topological polar surface area (TPSA) is 57.2 Å². The number of benzene rings is 1. The summed E-state index contributed by atoms with van der Waals surface area (Å²) in [6.45, 7) is 1.08. The van der Waals surface area contributed by atoms with E-state index in [1.165, 1.54) is 11.3 Å². The third-order valence-corrected chi connectivity index (χ3v) is 3.71. The van der Waals surface area contributed by atoms with Crippen molar-refractivity contribution in [3.63, 3.8) is 0 Å². The summed E-state index contributed by atoms with van der Waals surface area (Å²) in [5, 5.41) is 0. The first-order valence-corrected chi connectivity index (χ1v) is 6.94. The molecule has 2 aromatic rings. The smallest absolute Gasteiger partial charge is 0.250 e. The normalized spacial score (nSPS) is 13.2. The van der Waals surface area contributed by atoms with Crippen molar-refractivity contribution in [2.75, 3.05) is 12.3 Å². The Labute approximate surface area is 117 Å². The molecule has 1 aliphatic rings. The second kappa shape index (κ2) is 5.41. The molecule has 1 aromatic carbocycles. The zero-order valence-corrected chi connectivity index (χ0v) is 11.3. The summed E-state index contributed by atoms with van der Waals surface area (Å²) >= 11 is 0. The van der Waals surface area contributed by atoms with Gasteiger partial charge in [-0.2, -0.15) is 0 Å². The molecule has 4 nitrogen and oxygen atoms in total. The van der Waals surface area contributed by atoms with E-state index in [0.29, 0.717) is 13.2 Å². The summed E-state index contributed by atoms with van der Waals surface area (Å²) in [6, 6.07) is 10.9. The highest BCUT2D eigenvalue weighted by Gasteiger charge is 2.15. The molecule has 1 heterocycles. The largest absolute Gasteiger partial charge is 0.492 e. The van der Waals surface area contributed by atoms with Crippen molar-refractivity contribution in [2.45, 2.75) is 25.8 Å². The molecular formula is C16H18N2O2. The third kappa shape index (κ3) is 2.54. The monoisotopic (exact) mass is 270 g/mol. The molecule has 0 aliphatic heterocycles. The number of hydrogen-bond acceptors (Lipinski definition) is 3. The fourth-order valence-corrected chi connectivity index (χ4v) is 2.70. The Kier molecular flexibility index (Phi) is 3.46. The first-order chi connectivity index (χ1) is 9.74. The third-order valence-electron chi connectivity index (χ3n) is 3.71. The van der Waals surface area contributed by atoms with Crippen LogP contribution in [-0.4, -0.2) is 11.2 Å². The van der Waals surface area contributed by atoms with Crippen molar-refractivity contribution in [1.29, 1.82) is 0 Å². The van der Waals surface area contributed by atoms with Crippen LogP contribution in [0.5, 0.6) is 5.75 Å². The molecule has 0 fully saturated rings. The van der Waals surface area contributed by atoms with Crippen LogP contribution in [0.1, 0.15) is 17.7 Å². The first-order valence-electron chi connectivity index (χ1n) is 6.94. The van der Waals surface area contributed by atoms with E-state index < -0.39 is 0 Å². The SMILES string of the molecule is Nc1ccc(OCCn2c3c(ccc2=O)CCC3)cc1. The Balaban J connectivity index is 1.69. The van der Waals surface area contributed by atoms with Crippen LogP contribution in [0.25, 0.3) is 0 Å². The van der Waals surface area contributed by atoms with E-state index in [1.54, 1.807) is 6.07 Å². The number of anilines is 1. The van der Waals surface area contributed by atoms with Crippen LogP contribution in [0.2, 0.25) is 0 Å². The van der Waals surface area contributed by atoms with Crippen LogP contribution < -0.4 is 16.0 Å². The van der Waals surface area contributed by atoms with Crippen molar-refractivity contribution >= 4 is 5.69 Å². The lowest BCUT2D eigenvalue weighted by atomic mass is 10.2. The lowest BCUT2D eigenvalue weighted by Crippen LogP contribution is -2.25. The molecule has 0 saturated heterocycles. The van der Waals surface area contributed by atoms with Crippen LogP contribution in [0, 0.1) is 0 Å². The van der Waals surface area contributed by atoms with Gasteiger partial charge < -0.3 is 15.0 Å². The fourth-order valence-electron chi connectivity index (χ4n) is 2.70. The second-order valence-corrected chi connectivity index (χ2v) is 5.07. The molecule has 0 spiro atoms. The number of fused-ring (bicyclic) bond motifs is 1. The Hall–Kier alpha value is -2.23. The van der Waals surface area contributed by atoms with Crippen LogP contribution >= 0.6 is 0 Å². The van der Waals surface area contributed by atoms with E-state index in [0.717, 1.165) is 30.7 Å². The standard InChI is InChI=1S/C16H18N2O2/c17-13-5-7-14(8-6-13)20-11-10-18-15-3-1-2-12(15)4-9-16(18)19/h4-9H,1-3,10-11,17H2. The van der Waals surface area contributed by atoms with E-state index in [-0.39, 0.29) is 5.56 Å². The molecule has 104 valence electrons. The van der Waals surface area contributed by atoms with Gasteiger partial charge in [0.15, 0.2) is 0 Å². The Morgan fingerprint density at radius 3 is 2.70 bits per heavy atom. The minimum atomic E-state index is 0.0616. The molecule has 20 heavy (non-hydrogen) atoms. The molecule has 4 heteroatoms. The second-order valence-electron chi connectivity index (χ2n) is 5.07. The van der Waals surface area contributed by atoms with Gasteiger partial charge in [0.2, 0.25) is 0 Å². The maximum atomic E-state index is 12.0. The average Bonchev–Trinajstić information content (AvgIpc) is 2.92. The zero-order chi connectivity index (χ0) is 13.9. The van der Waals surface area contributed by atoms with Gasteiger partial charge in [-0.05, 0) is 49.1 Å². The van der Waals surface area contributed by atoms with Gasteiger partial charge in [-0.3, -0.25) is 4.79 Å². The summed E-state index contributed by atoms with van der Waals surface area (Å²) in [7, 11) is 0. The van der Waals surface area contributed by atoms with Gasteiger partial charge in [0, 0.05) is 17.4 Å². The number of ether oxygens (including phenoxy) is 1. The highest BCUT2D eigenvalue weighted by Crippen LogP contribution is 2.20. The molecular weight excluding hydrogens is 252 g/mol. The van der Waals surface area contributed by atoms with Gasteiger partial charge >= 0.3 is 0 Å². The Morgan fingerprint density at radius 1 is 1.10 bits per heavy atom. The van der Waals surface area contributed by atoms with Crippen molar-refractivity contribution in [2.24, 2.45) is 0 Å². The van der Waals surface area contributed by atoms with E-state index in [4.69, 9.17) is 10.5 Å². The van der Waals surface area contributed by atoms with Crippen molar-refractivity contribution < 1.29 is 4.74 Å². The number of aryl methyl sites for hydroxylation is 1. The van der Waals surface area contributed by atoms with Gasteiger partial charge in [-0.1, -0.05) is 6.07 Å². The molecule has 0 unspecified atom stereocenters. The number of nitrogens with zero attached hydrogens (tertiary/aromatic N) is 1. The van der Waals surface area contributed by atoms with Crippen LogP contribution in [0.3, 0.4) is 0 Å². The minimum absolute atomic E-state index is 0.0616. The van der Waals surface area contributed by atoms with E-state index in [2.05, 4.69) is 0 Å². The maximum Gasteiger partial charge on any atom is 0.250 e. The maximum absolute atomic E-state index is 12.0. The molecule has 0 radical (unpaired) electrons. The molecule has 0 atom stereocenters. The summed E-state index contributed by atoms with van der Waals surface area (Å²) in [5.41, 5.74) is 8.89. The molecule has 0 amide bonds. The minimum Gasteiger partial charge on any atom is -0.492 e. The molecule has 0 bridgehead atoms. The van der Waals surface area contributed by atoms with Gasteiger partial charge in [-0.25, -0.2) is 0 Å². The van der Waals surface area contributed by atoms with Gasteiger partial charge in [0.25, 0.3) is 5.56 Å². The Morgan fingerprint density at radius 2 is 1.90 bits per heavy atom. The highest BCUT2D eigenvalue weighted by atomic mass is 16.5. The highest BCUT2D eigenvalue weighted by molar-refractivity contribution is 5.41. The number of rotatable bonds is 4. The molecule has 3 rings (SSSR count). The molecule has 2 N–H and O–H groups in total. The summed E-state index contributed by atoms with van der Waals surface area (Å²) in [4.78, 5) is 12.0. The predicted molar refractivity (Wildman–Crippen MR) is 79.1 cm³/mol. The quantitative estimate of drug-likeness (QED) is 0.864. The number of nitrogen functional groups attached to an aromatic ring is 1. The number of nitrogens with two attached hydrogens (primary N) is 1. The molecule has 1 aliphatic carbocycles. The van der Waals surface area contributed by atoms with Gasteiger partial charge in [-0.15, -0.1) is 0 Å². The van der Waals surface area contributed by atoms with Gasteiger partial charge in [0.05, 0.1) is 6.54 Å². The molecule has 0 saturated carbocycles. The summed E-state index contributed by atoms with van der Waals surface area (Å²) < 4.78 is 7.51. The van der Waals surface area contributed by atoms with Gasteiger partial charge in [0.1, 0.15) is 12.4 Å². The zero-order valence-electron chi connectivity index (χ0n) is 11.3. The van der Waals surface area contributed by atoms with E-state index >= 15 is 0 Å². The van der Waals surface area contributed by atoms with Crippen molar-refractivity contribution in [3.8, 4) is 5.75 Å². The van der Waals surface area contributed by atoms with E-state index in [9.17, 15) is 4.79 Å². The molecule has 1 aromatic heterocycles. The lowest BCUT2D eigenvalue weighted by Gasteiger charge is -2.12. The lowest BCUT2D eigenvalue weighted by molar-refractivity contribution is 0.294. The van der Waals surface area contributed by atoms with Crippen LogP contribution in [0.15, 0.2) is 41.2 Å². The first kappa shape index (κ1) is 12.8. The Bertz CT molecular complexity index is 659.